The zero-order valence-corrected chi connectivity index (χ0v) is 15.8. The molecule has 0 aliphatic rings. The molecule has 0 fully saturated rings. The van der Waals surface area contributed by atoms with E-state index in [1.54, 1.807) is 6.92 Å². The molecule has 0 radical (unpaired) electrons. The van der Waals surface area contributed by atoms with Gasteiger partial charge in [-0.05, 0) is 38.5 Å². The van der Waals surface area contributed by atoms with Crippen LogP contribution in [0.3, 0.4) is 0 Å². The Morgan fingerprint density at radius 2 is 2.12 bits per heavy atom. The van der Waals surface area contributed by atoms with E-state index in [0.717, 1.165) is 11.3 Å². The molecule has 7 nitrogen and oxygen atoms in total. The lowest BCUT2D eigenvalue weighted by atomic mass is 10.1. The molecule has 1 aromatic carbocycles. The van der Waals surface area contributed by atoms with Crippen molar-refractivity contribution in [3.63, 3.8) is 0 Å². The van der Waals surface area contributed by atoms with Crippen molar-refractivity contribution in [3.05, 3.63) is 56.2 Å². The molecule has 26 heavy (non-hydrogen) atoms. The molecular weight excluding hydrogens is 376 g/mol. The third-order valence-corrected chi connectivity index (χ3v) is 4.90. The molecule has 0 bridgehead atoms. The quantitative estimate of drug-likeness (QED) is 0.464. The summed E-state index contributed by atoms with van der Waals surface area (Å²) < 4.78 is 0. The maximum absolute atomic E-state index is 12.4. The Kier molecular flexibility index (Phi) is 6.18. The smallest absolute Gasteiger partial charge is 0.271 e. The number of nitro groups is 1. The third-order valence-electron chi connectivity index (χ3n) is 3.50. The van der Waals surface area contributed by atoms with Gasteiger partial charge in [0.05, 0.1) is 26.4 Å². The van der Waals surface area contributed by atoms with Gasteiger partial charge in [0.2, 0.25) is 5.91 Å². The van der Waals surface area contributed by atoms with E-state index in [-0.39, 0.29) is 22.3 Å². The number of non-ortho nitro benzene ring substituents is 1. The molecule has 134 valence electrons. The summed E-state index contributed by atoms with van der Waals surface area (Å²) in [6.45, 7) is 5.32. The second-order valence-electron chi connectivity index (χ2n) is 5.54. The van der Waals surface area contributed by atoms with E-state index in [9.17, 15) is 20.2 Å². The topological polar surface area (TPSA) is 109 Å². The average Bonchev–Trinajstić information content (AvgIpc) is 2.56. The minimum absolute atomic E-state index is 0.0759. The van der Waals surface area contributed by atoms with Gasteiger partial charge < -0.3 is 5.32 Å². The third kappa shape index (κ3) is 4.50. The molecule has 0 saturated carbocycles. The van der Waals surface area contributed by atoms with Crippen molar-refractivity contribution >= 4 is 40.6 Å². The molecule has 0 spiro atoms. The molecule has 1 N–H and O–H groups in total. The van der Waals surface area contributed by atoms with Crippen molar-refractivity contribution in [1.82, 2.24) is 4.98 Å². The first-order valence-electron chi connectivity index (χ1n) is 7.52. The molecule has 9 heteroatoms. The van der Waals surface area contributed by atoms with E-state index in [1.165, 1.54) is 30.0 Å². The highest BCUT2D eigenvalue weighted by Gasteiger charge is 2.20. The number of nitrogens with zero attached hydrogens (tertiary/aromatic N) is 3. The summed E-state index contributed by atoms with van der Waals surface area (Å²) in [5.41, 5.74) is 2.12. The van der Waals surface area contributed by atoms with Crippen molar-refractivity contribution < 1.29 is 9.72 Å². The van der Waals surface area contributed by atoms with Crippen LogP contribution in [0.5, 0.6) is 0 Å². The number of anilines is 1. The number of hydrogen-bond acceptors (Lipinski definition) is 6. The van der Waals surface area contributed by atoms with Gasteiger partial charge in [0.25, 0.3) is 5.69 Å². The van der Waals surface area contributed by atoms with Gasteiger partial charge in [0, 0.05) is 17.8 Å². The van der Waals surface area contributed by atoms with Crippen LogP contribution in [0, 0.1) is 35.3 Å². The number of halogens is 1. The first-order chi connectivity index (χ1) is 12.2. The number of hydrogen-bond donors (Lipinski definition) is 1. The number of aryl methyl sites for hydroxylation is 2. The van der Waals surface area contributed by atoms with E-state index in [1.807, 2.05) is 19.9 Å². The van der Waals surface area contributed by atoms with Crippen LogP contribution in [0.15, 0.2) is 29.3 Å². The van der Waals surface area contributed by atoms with Gasteiger partial charge in [-0.2, -0.15) is 5.26 Å². The summed E-state index contributed by atoms with van der Waals surface area (Å²) in [5, 5.41) is 22.7. The average molecular weight is 391 g/mol. The summed E-state index contributed by atoms with van der Waals surface area (Å²) in [4.78, 5) is 26.9. The van der Waals surface area contributed by atoms with Crippen LogP contribution in [-0.2, 0) is 4.79 Å². The van der Waals surface area contributed by atoms with Crippen LogP contribution < -0.4 is 5.32 Å². The Hall–Kier alpha value is -2.63. The molecule has 2 aromatic rings. The zero-order valence-electron chi connectivity index (χ0n) is 14.2. The number of nitrogens with one attached hydrogen (secondary N) is 1. The Morgan fingerprint density at radius 3 is 2.69 bits per heavy atom. The molecule has 1 unspecified atom stereocenters. The predicted octanol–water partition coefficient (Wildman–Crippen LogP) is 4.25. The number of rotatable bonds is 5. The van der Waals surface area contributed by atoms with Crippen molar-refractivity contribution in [3.8, 4) is 6.07 Å². The Morgan fingerprint density at radius 1 is 1.42 bits per heavy atom. The standard InChI is InChI=1S/C17H15ClN4O3S/c1-9-6-10(2)20-17(13(9)8-19)26-11(3)16(23)21-15-5-4-12(22(24)25)7-14(15)18/h4-7,11H,1-3H3,(H,21,23). The normalized spacial score (nSPS) is 11.5. The molecule has 1 amide bonds. The fourth-order valence-corrected chi connectivity index (χ4v) is 3.44. The number of aromatic nitrogens is 1. The Balaban J connectivity index is 2.17. The molecule has 2 rings (SSSR count). The van der Waals surface area contributed by atoms with Crippen LogP contribution in [-0.4, -0.2) is 21.1 Å². The number of pyridine rings is 1. The molecule has 1 heterocycles. The van der Waals surface area contributed by atoms with Crippen LogP contribution in [0.4, 0.5) is 11.4 Å². The molecule has 1 aromatic heterocycles. The molecular formula is C17H15ClN4O3S. The number of amides is 1. The van der Waals surface area contributed by atoms with Gasteiger partial charge in [0.1, 0.15) is 11.1 Å². The molecule has 1 atom stereocenters. The molecule has 0 aliphatic carbocycles. The lowest BCUT2D eigenvalue weighted by Crippen LogP contribution is -2.23. The Labute approximate surface area is 159 Å². The lowest BCUT2D eigenvalue weighted by Gasteiger charge is -2.14. The van der Waals surface area contributed by atoms with Crippen molar-refractivity contribution in [2.75, 3.05) is 5.32 Å². The highest BCUT2D eigenvalue weighted by atomic mass is 35.5. The number of benzene rings is 1. The summed E-state index contributed by atoms with van der Waals surface area (Å²) in [6, 6.07) is 7.74. The zero-order chi connectivity index (χ0) is 19.4. The second kappa shape index (κ2) is 8.17. The van der Waals surface area contributed by atoms with Crippen LogP contribution in [0.25, 0.3) is 0 Å². The highest BCUT2D eigenvalue weighted by molar-refractivity contribution is 8.00. The van der Waals surface area contributed by atoms with Crippen LogP contribution in [0.2, 0.25) is 5.02 Å². The summed E-state index contributed by atoms with van der Waals surface area (Å²) >= 11 is 7.16. The summed E-state index contributed by atoms with van der Waals surface area (Å²) in [7, 11) is 0. The SMILES string of the molecule is Cc1cc(C)c(C#N)c(SC(C)C(=O)Nc2ccc([N+](=O)[O-])cc2Cl)n1. The molecule has 0 saturated heterocycles. The predicted molar refractivity (Wildman–Crippen MR) is 100 cm³/mol. The number of thioether (sulfide) groups is 1. The maximum atomic E-state index is 12.4. The number of nitriles is 1. The fraction of sp³-hybridized carbons (Fsp3) is 0.235. The fourth-order valence-electron chi connectivity index (χ4n) is 2.20. The first-order valence-corrected chi connectivity index (χ1v) is 8.78. The maximum Gasteiger partial charge on any atom is 0.271 e. The van der Waals surface area contributed by atoms with E-state index >= 15 is 0 Å². The van der Waals surface area contributed by atoms with E-state index in [4.69, 9.17) is 11.6 Å². The number of nitro benzene ring substituents is 1. The lowest BCUT2D eigenvalue weighted by molar-refractivity contribution is -0.384. The Bertz CT molecular complexity index is 927. The molecule has 0 aliphatic heterocycles. The van der Waals surface area contributed by atoms with E-state index in [0.29, 0.717) is 10.6 Å². The number of carbonyl (C=O) groups is 1. The minimum Gasteiger partial charge on any atom is -0.324 e. The highest BCUT2D eigenvalue weighted by Crippen LogP contribution is 2.30. The van der Waals surface area contributed by atoms with Gasteiger partial charge >= 0.3 is 0 Å². The van der Waals surface area contributed by atoms with Crippen molar-refractivity contribution in [1.29, 1.82) is 5.26 Å². The monoisotopic (exact) mass is 390 g/mol. The van der Waals surface area contributed by atoms with Gasteiger partial charge in [-0.15, -0.1) is 0 Å². The van der Waals surface area contributed by atoms with E-state index in [2.05, 4.69) is 16.4 Å². The van der Waals surface area contributed by atoms with E-state index < -0.39 is 10.2 Å². The minimum atomic E-state index is -0.564. The van der Waals surface area contributed by atoms with Gasteiger partial charge in [-0.25, -0.2) is 4.98 Å². The first kappa shape index (κ1) is 19.7. The van der Waals surface area contributed by atoms with Gasteiger partial charge in [-0.1, -0.05) is 23.4 Å². The van der Waals surface area contributed by atoms with Gasteiger partial charge in [0.15, 0.2) is 0 Å². The summed E-state index contributed by atoms with van der Waals surface area (Å²) in [5.74, 6) is -0.351. The van der Waals surface area contributed by atoms with Gasteiger partial charge in [-0.3, -0.25) is 14.9 Å². The van der Waals surface area contributed by atoms with Crippen molar-refractivity contribution in [2.45, 2.75) is 31.0 Å². The number of carbonyl (C=O) groups excluding carboxylic acids is 1. The van der Waals surface area contributed by atoms with Crippen LogP contribution in [0.1, 0.15) is 23.7 Å². The van der Waals surface area contributed by atoms with Crippen molar-refractivity contribution in [2.24, 2.45) is 0 Å². The van der Waals surface area contributed by atoms with Crippen LogP contribution >= 0.6 is 23.4 Å². The second-order valence-corrected chi connectivity index (χ2v) is 7.28. The largest absolute Gasteiger partial charge is 0.324 e. The summed E-state index contributed by atoms with van der Waals surface area (Å²) in [6.07, 6.45) is 0.